The average molecular weight is 424 g/mol. The molecule has 0 spiro atoms. The number of carbonyl (C=O) groups excluding carboxylic acids is 2. The van der Waals surface area contributed by atoms with Crippen LogP contribution in [0.5, 0.6) is 0 Å². The number of hydrogen-bond donors (Lipinski definition) is 0. The molecule has 29 heavy (non-hydrogen) atoms. The average Bonchev–Trinajstić information content (AvgIpc) is 3.02. The lowest BCUT2D eigenvalue weighted by Gasteiger charge is -2.39. The molecule has 1 unspecified atom stereocenters. The molecule has 5 nitrogen and oxygen atoms in total. The van der Waals surface area contributed by atoms with Crippen LogP contribution in [-0.2, 0) is 14.3 Å². The predicted molar refractivity (Wildman–Crippen MR) is 119 cm³/mol. The van der Waals surface area contributed by atoms with Crippen LogP contribution in [0.3, 0.4) is 0 Å². The molecular weight excluding hydrogens is 386 g/mol. The Morgan fingerprint density at radius 1 is 1.24 bits per heavy atom. The van der Waals surface area contributed by atoms with Gasteiger partial charge in [-0.25, -0.2) is 4.79 Å². The quantitative estimate of drug-likeness (QED) is 0.535. The zero-order valence-electron chi connectivity index (χ0n) is 19.0. The zero-order chi connectivity index (χ0) is 21.8. The second-order valence-electron chi connectivity index (χ2n) is 9.19. The first kappa shape index (κ1) is 23.7. The molecule has 1 fully saturated rings. The van der Waals surface area contributed by atoms with Gasteiger partial charge in [-0.05, 0) is 77.7 Å². The molecular formula is C23H37NO4S. The van der Waals surface area contributed by atoms with Crippen molar-refractivity contribution in [1.82, 2.24) is 0 Å². The van der Waals surface area contributed by atoms with E-state index in [-0.39, 0.29) is 11.9 Å². The van der Waals surface area contributed by atoms with E-state index in [1.807, 2.05) is 33.1 Å². The molecule has 6 heteroatoms. The fourth-order valence-electron chi connectivity index (χ4n) is 4.36. The first-order valence-corrected chi connectivity index (χ1v) is 11.6. The summed E-state index contributed by atoms with van der Waals surface area (Å²) in [5.41, 5.74) is 1.27. The monoisotopic (exact) mass is 423 g/mol. The van der Waals surface area contributed by atoms with Gasteiger partial charge in [0.1, 0.15) is 5.60 Å². The van der Waals surface area contributed by atoms with Gasteiger partial charge in [-0.15, -0.1) is 11.3 Å². The molecule has 2 rings (SSSR count). The first-order chi connectivity index (χ1) is 13.6. The third kappa shape index (κ3) is 6.21. The van der Waals surface area contributed by atoms with Crippen LogP contribution in [0.15, 0.2) is 5.38 Å². The first-order valence-electron chi connectivity index (χ1n) is 10.7. The van der Waals surface area contributed by atoms with E-state index in [0.29, 0.717) is 29.9 Å². The number of esters is 2. The van der Waals surface area contributed by atoms with Crippen molar-refractivity contribution in [3.05, 3.63) is 16.5 Å². The van der Waals surface area contributed by atoms with Crippen LogP contribution in [0.25, 0.3) is 0 Å². The molecule has 0 saturated heterocycles. The maximum atomic E-state index is 12.2. The number of thiophene rings is 1. The summed E-state index contributed by atoms with van der Waals surface area (Å²) in [5, 5.41) is 3.09. The zero-order valence-corrected chi connectivity index (χ0v) is 19.9. The third-order valence-corrected chi connectivity index (χ3v) is 7.03. The van der Waals surface area contributed by atoms with Gasteiger partial charge in [-0.2, -0.15) is 0 Å². The molecule has 1 atom stereocenters. The van der Waals surface area contributed by atoms with Crippen molar-refractivity contribution in [2.45, 2.75) is 85.3 Å². The van der Waals surface area contributed by atoms with E-state index in [9.17, 15) is 9.59 Å². The lowest BCUT2D eigenvalue weighted by molar-refractivity contribution is -0.156. The smallest absolute Gasteiger partial charge is 0.339 e. The highest BCUT2D eigenvalue weighted by Crippen LogP contribution is 2.39. The highest BCUT2D eigenvalue weighted by molar-refractivity contribution is 7.14. The van der Waals surface area contributed by atoms with Crippen LogP contribution >= 0.6 is 11.3 Å². The molecule has 164 valence electrons. The Labute approximate surface area is 179 Å². The SMILES string of the molecule is CCN(c1scc(C(=O)OC)c1C)C1CCC(C(C)CC(=O)OC(C)(C)C)CC1. The summed E-state index contributed by atoms with van der Waals surface area (Å²) in [4.78, 5) is 26.6. The van der Waals surface area contributed by atoms with Crippen molar-refractivity contribution >= 4 is 28.3 Å². The fraction of sp³-hybridized carbons (Fsp3) is 0.739. The summed E-state index contributed by atoms with van der Waals surface area (Å²) in [5.74, 6) is 0.551. The van der Waals surface area contributed by atoms with Crippen molar-refractivity contribution in [1.29, 1.82) is 0 Å². The van der Waals surface area contributed by atoms with Crippen molar-refractivity contribution in [3.8, 4) is 0 Å². The van der Waals surface area contributed by atoms with Crippen LogP contribution in [0.4, 0.5) is 5.00 Å². The molecule has 1 aliphatic carbocycles. The maximum absolute atomic E-state index is 12.2. The van der Waals surface area contributed by atoms with Crippen molar-refractivity contribution < 1.29 is 19.1 Å². The molecule has 1 aromatic heterocycles. The highest BCUT2D eigenvalue weighted by Gasteiger charge is 2.31. The van der Waals surface area contributed by atoms with Crippen LogP contribution in [-0.4, -0.2) is 37.2 Å². The fourth-order valence-corrected chi connectivity index (χ4v) is 5.57. The Kier molecular flexibility index (Phi) is 8.15. The van der Waals surface area contributed by atoms with E-state index in [0.717, 1.165) is 37.8 Å². The topological polar surface area (TPSA) is 55.8 Å². The Morgan fingerprint density at radius 3 is 2.38 bits per heavy atom. The third-order valence-electron chi connectivity index (χ3n) is 5.92. The van der Waals surface area contributed by atoms with Crippen LogP contribution in [0.2, 0.25) is 0 Å². The Hall–Kier alpha value is -1.56. The van der Waals surface area contributed by atoms with Crippen molar-refractivity contribution in [2.75, 3.05) is 18.6 Å². The molecule has 0 aliphatic heterocycles. The molecule has 0 radical (unpaired) electrons. The molecule has 1 heterocycles. The minimum absolute atomic E-state index is 0.0909. The van der Waals surface area contributed by atoms with Gasteiger partial charge in [0.05, 0.1) is 17.7 Å². The summed E-state index contributed by atoms with van der Waals surface area (Å²) < 4.78 is 10.4. The van der Waals surface area contributed by atoms with Gasteiger partial charge < -0.3 is 14.4 Å². The normalized spacial score (nSPS) is 20.8. The molecule has 0 N–H and O–H groups in total. The molecule has 0 bridgehead atoms. The summed E-state index contributed by atoms with van der Waals surface area (Å²) in [7, 11) is 1.43. The second kappa shape index (κ2) is 9.96. The van der Waals surface area contributed by atoms with Gasteiger partial charge in [0.25, 0.3) is 0 Å². The molecule has 1 saturated carbocycles. The largest absolute Gasteiger partial charge is 0.465 e. The minimum Gasteiger partial charge on any atom is -0.465 e. The van der Waals surface area contributed by atoms with Crippen LogP contribution < -0.4 is 4.90 Å². The van der Waals surface area contributed by atoms with Crippen LogP contribution in [0.1, 0.15) is 82.6 Å². The highest BCUT2D eigenvalue weighted by atomic mass is 32.1. The van der Waals surface area contributed by atoms with Gasteiger partial charge in [-0.1, -0.05) is 6.92 Å². The van der Waals surface area contributed by atoms with E-state index in [4.69, 9.17) is 9.47 Å². The van der Waals surface area contributed by atoms with Crippen LogP contribution in [0, 0.1) is 18.8 Å². The van der Waals surface area contributed by atoms with Gasteiger partial charge in [0, 0.05) is 24.4 Å². The summed E-state index contributed by atoms with van der Waals surface area (Å²) in [6, 6.07) is 0.479. The molecule has 0 aromatic carbocycles. The van der Waals surface area contributed by atoms with Crippen molar-refractivity contribution in [3.63, 3.8) is 0 Å². The Morgan fingerprint density at radius 2 is 1.86 bits per heavy atom. The maximum Gasteiger partial charge on any atom is 0.339 e. The standard InChI is InChI=1S/C23H37NO4S/c1-8-24(21-16(3)19(14-29-21)22(26)27-7)18-11-9-17(10-12-18)15(2)13-20(25)28-23(4,5)6/h14-15,17-18H,8-13H2,1-7H3. The van der Waals surface area contributed by atoms with E-state index in [1.165, 1.54) is 12.1 Å². The van der Waals surface area contributed by atoms with E-state index in [1.54, 1.807) is 11.3 Å². The number of carbonyl (C=O) groups is 2. The summed E-state index contributed by atoms with van der Waals surface area (Å²) in [6.07, 6.45) is 4.97. The lowest BCUT2D eigenvalue weighted by Crippen LogP contribution is -2.39. The summed E-state index contributed by atoms with van der Waals surface area (Å²) >= 11 is 1.63. The molecule has 1 aliphatic rings. The summed E-state index contributed by atoms with van der Waals surface area (Å²) in [6.45, 7) is 13.0. The Balaban J connectivity index is 1.96. The number of hydrogen-bond acceptors (Lipinski definition) is 6. The number of nitrogens with zero attached hydrogens (tertiary/aromatic N) is 1. The number of rotatable bonds is 7. The van der Waals surface area contributed by atoms with Gasteiger partial charge in [-0.3, -0.25) is 4.79 Å². The molecule has 0 amide bonds. The number of methoxy groups -OCH3 is 1. The van der Waals surface area contributed by atoms with Gasteiger partial charge >= 0.3 is 11.9 Å². The van der Waals surface area contributed by atoms with Gasteiger partial charge in [0.15, 0.2) is 0 Å². The van der Waals surface area contributed by atoms with E-state index < -0.39 is 5.60 Å². The minimum atomic E-state index is -0.419. The van der Waals surface area contributed by atoms with Crippen molar-refractivity contribution in [2.24, 2.45) is 11.8 Å². The number of anilines is 1. The number of ether oxygens (including phenoxy) is 2. The molecule has 1 aromatic rings. The second-order valence-corrected chi connectivity index (χ2v) is 10.1. The van der Waals surface area contributed by atoms with E-state index in [2.05, 4.69) is 18.7 Å². The predicted octanol–water partition coefficient (Wildman–Crippen LogP) is 5.60. The Bertz CT molecular complexity index is 698. The lowest BCUT2D eigenvalue weighted by atomic mass is 9.77. The van der Waals surface area contributed by atoms with E-state index >= 15 is 0 Å². The van der Waals surface area contributed by atoms with Gasteiger partial charge in [0.2, 0.25) is 0 Å².